The number of hydrogen-bond acceptors (Lipinski definition) is 5. The molecule has 3 rings (SSSR count). The lowest BCUT2D eigenvalue weighted by Crippen LogP contribution is -2.45. The van der Waals surface area contributed by atoms with Crippen molar-refractivity contribution >= 4 is 0 Å². The number of H-pyrrole nitrogens is 1. The maximum Gasteiger partial charge on any atom is 0.149 e. The van der Waals surface area contributed by atoms with Crippen LogP contribution in [0.5, 0.6) is 0 Å². The maximum absolute atomic E-state index is 6.05. The Labute approximate surface area is 124 Å². The number of nitrogens with two attached hydrogens (primary N) is 1. The minimum Gasteiger partial charge on any atom is -0.330 e. The highest BCUT2D eigenvalue weighted by Crippen LogP contribution is 2.33. The molecule has 1 aliphatic heterocycles. The molecule has 0 atom stereocenters. The van der Waals surface area contributed by atoms with Crippen LogP contribution in [0.25, 0.3) is 0 Å². The Morgan fingerprint density at radius 3 is 2.57 bits per heavy atom. The highest BCUT2D eigenvalue weighted by atomic mass is 15.5. The average Bonchev–Trinajstić information content (AvgIpc) is 3.03. The van der Waals surface area contributed by atoms with E-state index in [-0.39, 0.29) is 5.41 Å². The smallest absolute Gasteiger partial charge is 0.149 e. The Hall–Kier alpha value is -1.79. The van der Waals surface area contributed by atoms with Gasteiger partial charge in [0.05, 0.1) is 0 Å². The monoisotopic (exact) mass is 286 g/mol. The molecule has 6 heteroatoms. The van der Waals surface area contributed by atoms with E-state index in [2.05, 4.69) is 55.9 Å². The van der Waals surface area contributed by atoms with Gasteiger partial charge < -0.3 is 5.73 Å². The second kappa shape index (κ2) is 6.32. The SMILES string of the molecule is NCC1(Cc2nnn[nH]2)CCN(Cc2ccccc2)CC1. The summed E-state index contributed by atoms with van der Waals surface area (Å²) in [4.78, 5) is 2.50. The molecule has 0 amide bonds. The van der Waals surface area contributed by atoms with Crippen LogP contribution in [0.2, 0.25) is 0 Å². The van der Waals surface area contributed by atoms with Gasteiger partial charge in [-0.15, -0.1) is 5.10 Å². The molecule has 1 aliphatic rings. The summed E-state index contributed by atoms with van der Waals surface area (Å²) in [6.07, 6.45) is 3.03. The first-order valence-corrected chi connectivity index (χ1v) is 7.49. The molecule has 2 aromatic rings. The number of tetrazole rings is 1. The summed E-state index contributed by atoms with van der Waals surface area (Å²) in [6, 6.07) is 10.6. The van der Waals surface area contributed by atoms with Gasteiger partial charge in [0.1, 0.15) is 5.82 Å². The molecule has 0 radical (unpaired) electrons. The molecule has 21 heavy (non-hydrogen) atoms. The van der Waals surface area contributed by atoms with Gasteiger partial charge in [0.2, 0.25) is 0 Å². The molecule has 0 spiro atoms. The second-order valence-electron chi connectivity index (χ2n) is 5.99. The van der Waals surface area contributed by atoms with Crippen molar-refractivity contribution in [1.29, 1.82) is 0 Å². The molecule has 3 N–H and O–H groups in total. The van der Waals surface area contributed by atoms with Crippen molar-refractivity contribution in [1.82, 2.24) is 25.5 Å². The lowest BCUT2D eigenvalue weighted by atomic mass is 9.75. The van der Waals surface area contributed by atoms with Gasteiger partial charge in [-0.25, -0.2) is 5.10 Å². The number of nitrogens with zero attached hydrogens (tertiary/aromatic N) is 4. The van der Waals surface area contributed by atoms with Gasteiger partial charge in [0, 0.05) is 13.0 Å². The zero-order valence-corrected chi connectivity index (χ0v) is 12.2. The zero-order valence-electron chi connectivity index (χ0n) is 12.2. The molecule has 0 saturated carbocycles. The summed E-state index contributed by atoms with van der Waals surface area (Å²) < 4.78 is 0. The third-order valence-electron chi connectivity index (χ3n) is 4.53. The van der Waals surface area contributed by atoms with Crippen molar-refractivity contribution < 1.29 is 0 Å². The number of benzene rings is 1. The molecule has 1 saturated heterocycles. The molecule has 1 aromatic carbocycles. The van der Waals surface area contributed by atoms with Crippen molar-refractivity contribution in [2.24, 2.45) is 11.1 Å². The Morgan fingerprint density at radius 2 is 1.95 bits per heavy atom. The summed E-state index contributed by atoms with van der Waals surface area (Å²) in [7, 11) is 0. The number of rotatable bonds is 5. The highest BCUT2D eigenvalue weighted by molar-refractivity contribution is 5.14. The van der Waals surface area contributed by atoms with Crippen LogP contribution in [-0.4, -0.2) is 45.2 Å². The Balaban J connectivity index is 1.58. The van der Waals surface area contributed by atoms with E-state index in [1.807, 2.05) is 0 Å². The molecule has 0 aliphatic carbocycles. The van der Waals surface area contributed by atoms with Gasteiger partial charge >= 0.3 is 0 Å². The Kier molecular flexibility index (Phi) is 4.26. The van der Waals surface area contributed by atoms with Crippen LogP contribution in [-0.2, 0) is 13.0 Å². The molecule has 6 nitrogen and oxygen atoms in total. The Morgan fingerprint density at radius 1 is 1.19 bits per heavy atom. The number of piperidine rings is 1. The van der Waals surface area contributed by atoms with Crippen molar-refractivity contribution in [3.63, 3.8) is 0 Å². The van der Waals surface area contributed by atoms with E-state index in [0.717, 1.165) is 44.7 Å². The number of hydrogen-bond donors (Lipinski definition) is 2. The molecule has 0 bridgehead atoms. The van der Waals surface area contributed by atoms with Crippen LogP contribution < -0.4 is 5.73 Å². The summed E-state index contributed by atoms with van der Waals surface area (Å²) in [6.45, 7) is 3.86. The van der Waals surface area contributed by atoms with Gasteiger partial charge in [0.25, 0.3) is 0 Å². The molecule has 0 unspecified atom stereocenters. The van der Waals surface area contributed by atoms with Crippen LogP contribution in [0.4, 0.5) is 0 Å². The Bertz CT molecular complexity index is 531. The third-order valence-corrected chi connectivity index (χ3v) is 4.53. The van der Waals surface area contributed by atoms with Crippen LogP contribution >= 0.6 is 0 Å². The van der Waals surface area contributed by atoms with Crippen LogP contribution in [0.15, 0.2) is 30.3 Å². The van der Waals surface area contributed by atoms with E-state index < -0.39 is 0 Å². The van der Waals surface area contributed by atoms with E-state index in [0.29, 0.717) is 6.54 Å². The van der Waals surface area contributed by atoms with Gasteiger partial charge in [-0.1, -0.05) is 30.3 Å². The van der Waals surface area contributed by atoms with Gasteiger partial charge in [-0.2, -0.15) is 0 Å². The van der Waals surface area contributed by atoms with Crippen molar-refractivity contribution in [3.8, 4) is 0 Å². The topological polar surface area (TPSA) is 83.7 Å². The molecular weight excluding hydrogens is 264 g/mol. The summed E-state index contributed by atoms with van der Waals surface area (Å²) in [5, 5.41) is 14.2. The molecule has 2 heterocycles. The van der Waals surface area contributed by atoms with Crippen molar-refractivity contribution in [3.05, 3.63) is 41.7 Å². The summed E-state index contributed by atoms with van der Waals surface area (Å²) >= 11 is 0. The lowest BCUT2D eigenvalue weighted by molar-refractivity contribution is 0.103. The van der Waals surface area contributed by atoms with Crippen LogP contribution in [0.3, 0.4) is 0 Å². The summed E-state index contributed by atoms with van der Waals surface area (Å²) in [5.74, 6) is 0.844. The number of nitrogens with one attached hydrogen (secondary N) is 1. The first kappa shape index (κ1) is 14.2. The predicted octanol–water partition coefficient (Wildman–Crippen LogP) is 0.983. The zero-order chi connectivity index (χ0) is 14.5. The van der Waals surface area contributed by atoms with E-state index in [9.17, 15) is 0 Å². The lowest BCUT2D eigenvalue weighted by Gasteiger charge is -2.40. The van der Waals surface area contributed by atoms with E-state index in [4.69, 9.17) is 5.73 Å². The molecule has 1 aromatic heterocycles. The van der Waals surface area contributed by atoms with Crippen LogP contribution in [0.1, 0.15) is 24.2 Å². The normalized spacial score (nSPS) is 18.7. The van der Waals surface area contributed by atoms with E-state index in [1.165, 1.54) is 5.56 Å². The van der Waals surface area contributed by atoms with Crippen molar-refractivity contribution in [2.45, 2.75) is 25.8 Å². The maximum atomic E-state index is 6.05. The first-order chi connectivity index (χ1) is 10.3. The molecule has 112 valence electrons. The van der Waals surface area contributed by atoms with Gasteiger partial charge in [-0.05, 0) is 53.9 Å². The van der Waals surface area contributed by atoms with E-state index in [1.54, 1.807) is 0 Å². The number of aromatic nitrogens is 4. The number of aromatic amines is 1. The number of likely N-dealkylation sites (tertiary alicyclic amines) is 1. The van der Waals surface area contributed by atoms with Crippen LogP contribution in [0, 0.1) is 5.41 Å². The molecular formula is C15H22N6. The third kappa shape index (κ3) is 3.46. The standard InChI is InChI=1S/C15H22N6/c16-12-15(10-14-17-19-20-18-14)6-8-21(9-7-15)11-13-4-2-1-3-5-13/h1-5H,6-12,16H2,(H,17,18,19,20). The first-order valence-electron chi connectivity index (χ1n) is 7.49. The van der Waals surface area contributed by atoms with Gasteiger partial charge in [0.15, 0.2) is 0 Å². The summed E-state index contributed by atoms with van der Waals surface area (Å²) in [5.41, 5.74) is 7.56. The minimum atomic E-state index is 0.133. The van der Waals surface area contributed by atoms with E-state index >= 15 is 0 Å². The predicted molar refractivity (Wildman–Crippen MR) is 80.3 cm³/mol. The molecule has 1 fully saturated rings. The van der Waals surface area contributed by atoms with Crippen molar-refractivity contribution in [2.75, 3.05) is 19.6 Å². The fourth-order valence-corrected chi connectivity index (χ4v) is 3.09. The largest absolute Gasteiger partial charge is 0.330 e. The van der Waals surface area contributed by atoms with Gasteiger partial charge in [-0.3, -0.25) is 4.90 Å². The quantitative estimate of drug-likeness (QED) is 0.856. The fraction of sp³-hybridized carbons (Fsp3) is 0.533. The average molecular weight is 286 g/mol. The minimum absolute atomic E-state index is 0.133. The fourth-order valence-electron chi connectivity index (χ4n) is 3.09. The second-order valence-corrected chi connectivity index (χ2v) is 5.99. The highest BCUT2D eigenvalue weighted by Gasteiger charge is 2.34.